The van der Waals surface area contributed by atoms with Crippen LogP contribution in [-0.2, 0) is 5.41 Å². The van der Waals surface area contributed by atoms with Gasteiger partial charge < -0.3 is 9.97 Å². The van der Waals surface area contributed by atoms with Gasteiger partial charge in [0, 0.05) is 29.2 Å². The molecule has 25 heavy (non-hydrogen) atoms. The first-order valence-electron chi connectivity index (χ1n) is 8.86. The SMILES string of the molecule is CC(C)(C)N=Cc1ccc(C(C)(C)c2ccc(C=NC(C)(C)C)[nH]2)[nH]1. The molecule has 0 radical (unpaired) electrons. The molecule has 0 aromatic carbocycles. The fourth-order valence-electron chi connectivity index (χ4n) is 2.38. The molecule has 0 aliphatic carbocycles. The summed E-state index contributed by atoms with van der Waals surface area (Å²) in [4.78, 5) is 16.1. The highest BCUT2D eigenvalue weighted by Gasteiger charge is 2.26. The van der Waals surface area contributed by atoms with Crippen molar-refractivity contribution < 1.29 is 0 Å². The maximum absolute atomic E-state index is 4.56. The molecule has 2 aromatic heterocycles. The van der Waals surface area contributed by atoms with E-state index in [9.17, 15) is 0 Å². The van der Waals surface area contributed by atoms with Crippen LogP contribution in [0.2, 0.25) is 0 Å². The zero-order valence-electron chi connectivity index (χ0n) is 16.9. The van der Waals surface area contributed by atoms with Crippen molar-refractivity contribution in [1.29, 1.82) is 0 Å². The van der Waals surface area contributed by atoms with E-state index >= 15 is 0 Å². The zero-order chi connectivity index (χ0) is 18.9. The van der Waals surface area contributed by atoms with Crippen molar-refractivity contribution in [3.05, 3.63) is 47.0 Å². The van der Waals surface area contributed by atoms with Crippen LogP contribution in [0.15, 0.2) is 34.3 Å². The first-order valence-corrected chi connectivity index (χ1v) is 8.86. The van der Waals surface area contributed by atoms with Gasteiger partial charge in [-0.3, -0.25) is 9.98 Å². The van der Waals surface area contributed by atoms with Gasteiger partial charge in [-0.15, -0.1) is 0 Å². The molecule has 0 saturated carbocycles. The summed E-state index contributed by atoms with van der Waals surface area (Å²) >= 11 is 0. The van der Waals surface area contributed by atoms with Crippen LogP contribution < -0.4 is 0 Å². The van der Waals surface area contributed by atoms with Crippen LogP contribution in [0.1, 0.15) is 78.2 Å². The van der Waals surface area contributed by atoms with Crippen molar-refractivity contribution in [3.8, 4) is 0 Å². The topological polar surface area (TPSA) is 56.3 Å². The number of aromatic nitrogens is 2. The highest BCUT2D eigenvalue weighted by atomic mass is 14.9. The van der Waals surface area contributed by atoms with Gasteiger partial charge in [-0.2, -0.15) is 0 Å². The van der Waals surface area contributed by atoms with E-state index < -0.39 is 0 Å². The molecule has 0 spiro atoms. The lowest BCUT2D eigenvalue weighted by molar-refractivity contribution is 0.586. The highest BCUT2D eigenvalue weighted by molar-refractivity contribution is 5.78. The largest absolute Gasteiger partial charge is 0.357 e. The normalized spacial score (nSPS) is 14.1. The van der Waals surface area contributed by atoms with Crippen molar-refractivity contribution >= 4 is 12.4 Å². The minimum absolute atomic E-state index is 0.0679. The molecule has 2 aromatic rings. The lowest BCUT2D eigenvalue weighted by Gasteiger charge is -2.22. The molecule has 0 bridgehead atoms. The van der Waals surface area contributed by atoms with E-state index in [0.29, 0.717) is 0 Å². The predicted molar refractivity (Wildman–Crippen MR) is 108 cm³/mol. The van der Waals surface area contributed by atoms with Gasteiger partial charge >= 0.3 is 0 Å². The Balaban J connectivity index is 2.22. The first-order chi connectivity index (χ1) is 11.4. The molecule has 0 saturated heterocycles. The molecule has 0 fully saturated rings. The fourth-order valence-corrected chi connectivity index (χ4v) is 2.38. The molecule has 4 nitrogen and oxygen atoms in total. The van der Waals surface area contributed by atoms with Crippen molar-refractivity contribution in [2.24, 2.45) is 9.98 Å². The molecule has 2 N–H and O–H groups in total. The van der Waals surface area contributed by atoms with Gasteiger partial charge in [-0.05, 0) is 79.7 Å². The van der Waals surface area contributed by atoms with E-state index in [2.05, 4.69) is 99.6 Å². The Morgan fingerprint density at radius 3 is 1.32 bits per heavy atom. The number of nitrogens with zero attached hydrogens (tertiary/aromatic N) is 2. The number of hydrogen-bond acceptors (Lipinski definition) is 2. The van der Waals surface area contributed by atoms with E-state index in [0.717, 1.165) is 22.8 Å². The van der Waals surface area contributed by atoms with E-state index in [4.69, 9.17) is 0 Å². The summed E-state index contributed by atoms with van der Waals surface area (Å²) in [6.07, 6.45) is 3.82. The van der Waals surface area contributed by atoms with Crippen molar-refractivity contribution in [2.75, 3.05) is 0 Å². The number of H-pyrrole nitrogens is 2. The average Bonchev–Trinajstić information content (AvgIpc) is 3.11. The summed E-state index contributed by atoms with van der Waals surface area (Å²) in [7, 11) is 0. The summed E-state index contributed by atoms with van der Waals surface area (Å²) in [6.45, 7) is 17.0. The zero-order valence-corrected chi connectivity index (χ0v) is 16.9. The van der Waals surface area contributed by atoms with Gasteiger partial charge in [0.15, 0.2) is 0 Å². The van der Waals surface area contributed by atoms with Crippen LogP contribution in [-0.4, -0.2) is 33.5 Å². The van der Waals surface area contributed by atoms with Crippen molar-refractivity contribution in [3.63, 3.8) is 0 Å². The van der Waals surface area contributed by atoms with Crippen molar-refractivity contribution in [2.45, 2.75) is 71.9 Å². The smallest absolute Gasteiger partial charge is 0.0564 e. The Morgan fingerprint density at radius 1 is 0.640 bits per heavy atom. The third-order valence-electron chi connectivity index (χ3n) is 3.95. The molecule has 136 valence electrons. The van der Waals surface area contributed by atoms with Crippen LogP contribution in [0, 0.1) is 0 Å². The minimum atomic E-state index is -0.151. The highest BCUT2D eigenvalue weighted by Crippen LogP contribution is 2.30. The third kappa shape index (κ3) is 5.45. The van der Waals surface area contributed by atoms with Crippen LogP contribution in [0.4, 0.5) is 0 Å². The van der Waals surface area contributed by atoms with Gasteiger partial charge in [0.2, 0.25) is 0 Å². The first kappa shape index (κ1) is 19.2. The van der Waals surface area contributed by atoms with Gasteiger partial charge in [0.05, 0.1) is 22.5 Å². The summed E-state index contributed by atoms with van der Waals surface area (Å²) in [5.74, 6) is 0. The minimum Gasteiger partial charge on any atom is -0.357 e. The van der Waals surface area contributed by atoms with Crippen molar-refractivity contribution in [1.82, 2.24) is 9.97 Å². The second-order valence-corrected chi connectivity index (χ2v) is 9.14. The maximum atomic E-state index is 4.56. The predicted octanol–water partition coefficient (Wildman–Crippen LogP) is 5.10. The number of rotatable bonds is 4. The standard InChI is InChI=1S/C21H32N4/c1-19(2,3)22-13-15-9-11-17(24-15)21(7,8)18-12-10-16(25-18)14-23-20(4,5)6/h9-14,24-25H,1-8H3. The summed E-state index contributed by atoms with van der Waals surface area (Å²) in [5, 5.41) is 0. The molecule has 2 heterocycles. The summed E-state index contributed by atoms with van der Waals surface area (Å²) < 4.78 is 0. The molecule has 0 atom stereocenters. The van der Waals surface area contributed by atoms with Gasteiger partial charge in [-0.1, -0.05) is 0 Å². The van der Waals surface area contributed by atoms with Crippen LogP contribution in [0.25, 0.3) is 0 Å². The fraction of sp³-hybridized carbons (Fsp3) is 0.524. The number of aromatic amines is 2. The molecule has 0 amide bonds. The van der Waals surface area contributed by atoms with E-state index in [1.807, 2.05) is 12.4 Å². The molecule has 0 aliphatic heterocycles. The Bertz CT molecular complexity index is 694. The summed E-state index contributed by atoms with van der Waals surface area (Å²) in [6, 6.07) is 8.43. The van der Waals surface area contributed by atoms with E-state index in [-0.39, 0.29) is 16.5 Å². The van der Waals surface area contributed by atoms with Crippen LogP contribution in [0.5, 0.6) is 0 Å². The van der Waals surface area contributed by atoms with Gasteiger partial charge in [-0.25, -0.2) is 0 Å². The van der Waals surface area contributed by atoms with E-state index in [1.54, 1.807) is 0 Å². The van der Waals surface area contributed by atoms with Gasteiger partial charge in [0.1, 0.15) is 0 Å². The molecule has 0 unspecified atom stereocenters. The molecule has 2 rings (SSSR count). The summed E-state index contributed by atoms with van der Waals surface area (Å²) in [5.41, 5.74) is 4.08. The molecule has 4 heteroatoms. The molecular weight excluding hydrogens is 308 g/mol. The quantitative estimate of drug-likeness (QED) is 0.727. The monoisotopic (exact) mass is 340 g/mol. The van der Waals surface area contributed by atoms with E-state index in [1.165, 1.54) is 0 Å². The Labute approximate surface area is 151 Å². The van der Waals surface area contributed by atoms with Gasteiger partial charge in [0.25, 0.3) is 0 Å². The average molecular weight is 341 g/mol. The number of nitrogens with one attached hydrogen (secondary N) is 2. The maximum Gasteiger partial charge on any atom is 0.0564 e. The number of hydrogen-bond donors (Lipinski definition) is 2. The second kappa shape index (κ2) is 6.66. The Hall–Kier alpha value is -2.10. The van der Waals surface area contributed by atoms with Crippen LogP contribution >= 0.6 is 0 Å². The van der Waals surface area contributed by atoms with Crippen LogP contribution in [0.3, 0.4) is 0 Å². The number of aliphatic imine (C=N–C) groups is 2. The molecule has 0 aliphatic rings. The third-order valence-corrected chi connectivity index (χ3v) is 3.95. The Kier molecular flexibility index (Phi) is 5.12. The molecular formula is C21H32N4. The lowest BCUT2D eigenvalue weighted by Crippen LogP contribution is -2.20. The Morgan fingerprint density at radius 2 is 1.00 bits per heavy atom. The lowest BCUT2D eigenvalue weighted by atomic mass is 9.86. The second-order valence-electron chi connectivity index (χ2n) is 9.14.